The molecule has 0 bridgehead atoms. The Bertz CT molecular complexity index is 1210. The molecule has 0 aromatic heterocycles. The lowest BCUT2D eigenvalue weighted by molar-refractivity contribution is -0.137. The molecule has 0 unspecified atom stereocenters. The van der Waals surface area contributed by atoms with Crippen LogP contribution in [-0.4, -0.2) is 60.3 Å². The Kier molecular flexibility index (Phi) is 6.86. The molecule has 0 radical (unpaired) electrons. The second kappa shape index (κ2) is 10.5. The van der Waals surface area contributed by atoms with Gasteiger partial charge in [-0.05, 0) is 35.4 Å². The summed E-state index contributed by atoms with van der Waals surface area (Å²) in [5.41, 5.74) is 3.33. The molecule has 5 rings (SSSR count). The van der Waals surface area contributed by atoms with Gasteiger partial charge in [0.25, 0.3) is 11.8 Å². The predicted molar refractivity (Wildman–Crippen MR) is 132 cm³/mol. The van der Waals surface area contributed by atoms with Crippen LogP contribution in [0.1, 0.15) is 33.9 Å². The van der Waals surface area contributed by atoms with Gasteiger partial charge in [0.05, 0.1) is 25.0 Å². The van der Waals surface area contributed by atoms with Gasteiger partial charge < -0.3 is 14.4 Å². The number of morpholine rings is 1. The predicted octanol–water partition coefficient (Wildman–Crippen LogP) is 3.92. The van der Waals surface area contributed by atoms with Crippen LogP contribution in [0.3, 0.4) is 0 Å². The zero-order chi connectivity index (χ0) is 24.0. The van der Waals surface area contributed by atoms with Crippen molar-refractivity contribution in [1.82, 2.24) is 9.91 Å². The van der Waals surface area contributed by atoms with E-state index in [1.54, 1.807) is 22.0 Å². The Morgan fingerprint density at radius 1 is 0.914 bits per heavy atom. The highest BCUT2D eigenvalue weighted by atomic mass is 16.5. The topological polar surface area (TPSA) is 71.4 Å². The van der Waals surface area contributed by atoms with Crippen molar-refractivity contribution in [3.8, 4) is 5.75 Å². The van der Waals surface area contributed by atoms with Gasteiger partial charge in [0.1, 0.15) is 5.75 Å². The van der Waals surface area contributed by atoms with Crippen LogP contribution in [0.15, 0.2) is 90.0 Å². The Labute approximate surface area is 204 Å². The zero-order valence-corrected chi connectivity index (χ0v) is 19.4. The number of nitrogens with zero attached hydrogens (tertiary/aromatic N) is 3. The van der Waals surface area contributed by atoms with Gasteiger partial charge in [-0.2, -0.15) is 5.10 Å². The average molecular weight is 470 g/mol. The molecule has 1 saturated heterocycles. The Morgan fingerprint density at radius 2 is 1.63 bits per heavy atom. The fraction of sp³-hybridized carbons (Fsp3) is 0.250. The molecule has 2 amide bonds. The maximum atomic E-state index is 13.4. The SMILES string of the molecule is O=C(COc1cccc([C@@H]2CC(c3ccccc3)=NN2C(=O)c2ccccc2)c1)N1CCOCC1. The van der Waals surface area contributed by atoms with Crippen molar-refractivity contribution in [3.63, 3.8) is 0 Å². The third kappa shape index (κ3) is 5.25. The smallest absolute Gasteiger partial charge is 0.274 e. The molecule has 1 atom stereocenters. The average Bonchev–Trinajstić information content (AvgIpc) is 3.39. The van der Waals surface area contributed by atoms with Crippen LogP contribution in [0.5, 0.6) is 5.75 Å². The Hall–Kier alpha value is -3.97. The van der Waals surface area contributed by atoms with Gasteiger partial charge >= 0.3 is 0 Å². The van der Waals surface area contributed by atoms with Gasteiger partial charge in [0.15, 0.2) is 6.61 Å². The first-order valence-corrected chi connectivity index (χ1v) is 11.8. The molecule has 178 valence electrons. The van der Waals surface area contributed by atoms with E-state index in [9.17, 15) is 9.59 Å². The second-order valence-corrected chi connectivity index (χ2v) is 8.50. The fourth-order valence-electron chi connectivity index (χ4n) is 4.34. The van der Waals surface area contributed by atoms with E-state index in [-0.39, 0.29) is 24.5 Å². The van der Waals surface area contributed by atoms with Crippen LogP contribution in [0, 0.1) is 0 Å². The molecule has 2 aliphatic heterocycles. The van der Waals surface area contributed by atoms with Crippen LogP contribution < -0.4 is 4.74 Å². The lowest BCUT2D eigenvalue weighted by atomic mass is 9.98. The number of benzene rings is 3. The summed E-state index contributed by atoms with van der Waals surface area (Å²) in [4.78, 5) is 27.6. The van der Waals surface area contributed by atoms with E-state index in [0.29, 0.717) is 44.0 Å². The highest BCUT2D eigenvalue weighted by Gasteiger charge is 2.34. The Morgan fingerprint density at radius 3 is 2.37 bits per heavy atom. The number of carbonyl (C=O) groups is 2. The van der Waals surface area contributed by atoms with Crippen molar-refractivity contribution in [1.29, 1.82) is 0 Å². The van der Waals surface area contributed by atoms with Crippen LogP contribution in [-0.2, 0) is 9.53 Å². The van der Waals surface area contributed by atoms with E-state index >= 15 is 0 Å². The molecule has 3 aromatic carbocycles. The highest BCUT2D eigenvalue weighted by molar-refractivity contribution is 6.05. The summed E-state index contributed by atoms with van der Waals surface area (Å²) >= 11 is 0. The van der Waals surface area contributed by atoms with Gasteiger partial charge in [0.2, 0.25) is 0 Å². The molecule has 1 fully saturated rings. The fourth-order valence-corrected chi connectivity index (χ4v) is 4.34. The molecule has 0 spiro atoms. The summed E-state index contributed by atoms with van der Waals surface area (Å²) in [5.74, 6) is 0.370. The minimum absolute atomic E-state index is 0.0352. The standard InChI is InChI=1S/C28H27N3O4/c32-27(30-14-16-34-17-15-30)20-35-24-13-7-12-23(18-24)26-19-25(21-8-3-1-4-9-21)29-31(26)28(33)22-10-5-2-6-11-22/h1-13,18,26H,14-17,19-20H2/t26-/m0/s1. The summed E-state index contributed by atoms with van der Waals surface area (Å²) < 4.78 is 11.1. The summed E-state index contributed by atoms with van der Waals surface area (Å²) in [6.07, 6.45) is 0.582. The Balaban J connectivity index is 1.37. The van der Waals surface area contributed by atoms with E-state index in [4.69, 9.17) is 14.6 Å². The van der Waals surface area contributed by atoms with E-state index in [1.165, 1.54) is 0 Å². The van der Waals surface area contributed by atoms with Crippen molar-refractivity contribution < 1.29 is 19.1 Å². The highest BCUT2D eigenvalue weighted by Crippen LogP contribution is 2.35. The van der Waals surface area contributed by atoms with E-state index in [1.807, 2.05) is 72.8 Å². The normalized spacial score (nSPS) is 17.7. The first-order chi connectivity index (χ1) is 17.2. The van der Waals surface area contributed by atoms with Crippen molar-refractivity contribution in [2.75, 3.05) is 32.9 Å². The third-order valence-electron chi connectivity index (χ3n) is 6.22. The van der Waals surface area contributed by atoms with Crippen LogP contribution in [0.2, 0.25) is 0 Å². The summed E-state index contributed by atoms with van der Waals surface area (Å²) in [5, 5.41) is 6.31. The molecule has 0 N–H and O–H groups in total. The second-order valence-electron chi connectivity index (χ2n) is 8.50. The van der Waals surface area contributed by atoms with Gasteiger partial charge in [-0.3, -0.25) is 9.59 Å². The van der Waals surface area contributed by atoms with Gasteiger partial charge in [0, 0.05) is 25.1 Å². The summed E-state index contributed by atoms with van der Waals surface area (Å²) in [6, 6.07) is 26.4. The molecule has 7 nitrogen and oxygen atoms in total. The third-order valence-corrected chi connectivity index (χ3v) is 6.22. The molecule has 0 aliphatic carbocycles. The van der Waals surface area contributed by atoms with Crippen LogP contribution in [0.25, 0.3) is 0 Å². The molecule has 3 aromatic rings. The summed E-state index contributed by atoms with van der Waals surface area (Å²) in [7, 11) is 0. The largest absolute Gasteiger partial charge is 0.484 e. The van der Waals surface area contributed by atoms with Crippen molar-refractivity contribution >= 4 is 17.5 Å². The zero-order valence-electron chi connectivity index (χ0n) is 19.4. The molecular weight excluding hydrogens is 442 g/mol. The van der Waals surface area contributed by atoms with E-state index < -0.39 is 0 Å². The van der Waals surface area contributed by atoms with E-state index in [2.05, 4.69) is 0 Å². The lowest BCUT2D eigenvalue weighted by Gasteiger charge is -2.26. The van der Waals surface area contributed by atoms with Gasteiger partial charge in [-0.25, -0.2) is 5.01 Å². The summed E-state index contributed by atoms with van der Waals surface area (Å²) in [6.45, 7) is 2.24. The lowest BCUT2D eigenvalue weighted by Crippen LogP contribution is -2.42. The molecular formula is C28H27N3O4. The molecule has 35 heavy (non-hydrogen) atoms. The van der Waals surface area contributed by atoms with Crippen molar-refractivity contribution in [2.45, 2.75) is 12.5 Å². The minimum atomic E-state index is -0.281. The number of ether oxygens (including phenoxy) is 2. The van der Waals surface area contributed by atoms with Crippen molar-refractivity contribution in [3.05, 3.63) is 102 Å². The first-order valence-electron chi connectivity index (χ1n) is 11.8. The number of carbonyl (C=O) groups excluding carboxylic acids is 2. The molecule has 2 heterocycles. The molecule has 0 saturated carbocycles. The number of hydrogen-bond acceptors (Lipinski definition) is 5. The van der Waals surface area contributed by atoms with Crippen molar-refractivity contribution in [2.24, 2.45) is 5.10 Å². The number of hydrogen-bond donors (Lipinski definition) is 0. The quantitative estimate of drug-likeness (QED) is 0.549. The first kappa shape index (κ1) is 22.8. The molecule has 2 aliphatic rings. The maximum absolute atomic E-state index is 13.4. The maximum Gasteiger partial charge on any atom is 0.274 e. The van der Waals surface area contributed by atoms with Crippen LogP contribution in [0.4, 0.5) is 0 Å². The monoisotopic (exact) mass is 469 g/mol. The molecule has 7 heteroatoms. The van der Waals surface area contributed by atoms with Gasteiger partial charge in [-0.1, -0.05) is 60.7 Å². The van der Waals surface area contributed by atoms with E-state index in [0.717, 1.165) is 16.8 Å². The number of amides is 2. The number of hydrazone groups is 1. The van der Waals surface area contributed by atoms with Gasteiger partial charge in [-0.15, -0.1) is 0 Å². The number of rotatable bonds is 6. The minimum Gasteiger partial charge on any atom is -0.484 e. The van der Waals surface area contributed by atoms with Crippen LogP contribution >= 0.6 is 0 Å².